The van der Waals surface area contributed by atoms with Gasteiger partial charge in [-0.3, -0.25) is 14.4 Å². The molecule has 21 heavy (non-hydrogen) atoms. The van der Waals surface area contributed by atoms with E-state index >= 15 is 0 Å². The lowest BCUT2D eigenvalue weighted by Gasteiger charge is -2.06. The summed E-state index contributed by atoms with van der Waals surface area (Å²) in [6.07, 6.45) is 0. The molecule has 3 amide bonds. The van der Waals surface area contributed by atoms with Crippen molar-refractivity contribution in [3.63, 3.8) is 0 Å². The lowest BCUT2D eigenvalue weighted by Crippen LogP contribution is -2.34. The number of hydrogen-bond acceptors (Lipinski definition) is 5. The van der Waals surface area contributed by atoms with Crippen LogP contribution in [0.3, 0.4) is 0 Å². The van der Waals surface area contributed by atoms with E-state index in [0.717, 1.165) is 11.8 Å². The predicted octanol–water partition coefficient (Wildman–Crippen LogP) is -0.0316. The number of carbonyl (C=O) groups is 3. The topological polar surface area (TPSA) is 111 Å². The minimum atomic E-state index is -0.606. The Morgan fingerprint density at radius 3 is 2.33 bits per heavy atom. The van der Waals surface area contributed by atoms with Crippen molar-refractivity contribution >= 4 is 35.2 Å². The van der Waals surface area contributed by atoms with Gasteiger partial charge in [0.05, 0.1) is 25.2 Å². The number of rotatable bonds is 8. The number of primary amides is 1. The molecule has 1 rings (SSSR count). The van der Waals surface area contributed by atoms with Crippen LogP contribution in [0.2, 0.25) is 0 Å². The van der Waals surface area contributed by atoms with Gasteiger partial charge in [0, 0.05) is 5.69 Å². The lowest BCUT2D eigenvalue weighted by atomic mass is 10.3. The van der Waals surface area contributed by atoms with Crippen LogP contribution in [0.5, 0.6) is 5.75 Å². The Labute approximate surface area is 126 Å². The molecular formula is C13H17N3O4S. The Hall–Kier alpha value is -2.22. The molecule has 114 valence electrons. The first-order valence-corrected chi connectivity index (χ1v) is 7.23. The number of ether oxygens (including phenoxy) is 1. The van der Waals surface area contributed by atoms with Crippen molar-refractivity contribution in [1.82, 2.24) is 5.32 Å². The SMILES string of the molecule is COc1ccc(NC(=O)CSCC(=O)NCC(N)=O)cc1. The Bertz CT molecular complexity index is 505. The second-order valence-electron chi connectivity index (χ2n) is 4.01. The molecule has 1 aromatic carbocycles. The molecule has 0 saturated carbocycles. The molecule has 0 aromatic heterocycles. The molecular weight excluding hydrogens is 294 g/mol. The minimum Gasteiger partial charge on any atom is -0.497 e. The number of hydrogen-bond donors (Lipinski definition) is 3. The van der Waals surface area contributed by atoms with Crippen molar-refractivity contribution in [3.8, 4) is 5.75 Å². The molecule has 0 aliphatic rings. The van der Waals surface area contributed by atoms with E-state index in [1.807, 2.05) is 0 Å². The largest absolute Gasteiger partial charge is 0.497 e. The van der Waals surface area contributed by atoms with Crippen molar-refractivity contribution in [2.75, 3.05) is 30.5 Å². The number of nitrogens with one attached hydrogen (secondary N) is 2. The van der Waals surface area contributed by atoms with Gasteiger partial charge >= 0.3 is 0 Å². The first kappa shape index (κ1) is 16.8. The van der Waals surface area contributed by atoms with Gasteiger partial charge in [-0.05, 0) is 24.3 Å². The van der Waals surface area contributed by atoms with Gasteiger partial charge in [-0.25, -0.2) is 0 Å². The van der Waals surface area contributed by atoms with Crippen LogP contribution in [-0.2, 0) is 14.4 Å². The fraction of sp³-hybridized carbons (Fsp3) is 0.308. The average Bonchev–Trinajstić information content (AvgIpc) is 2.46. The van der Waals surface area contributed by atoms with Crippen LogP contribution < -0.4 is 21.1 Å². The van der Waals surface area contributed by atoms with Gasteiger partial charge in [-0.1, -0.05) is 0 Å². The fourth-order valence-electron chi connectivity index (χ4n) is 1.34. The molecule has 0 bridgehead atoms. The Balaban J connectivity index is 2.24. The van der Waals surface area contributed by atoms with Crippen LogP contribution in [-0.4, -0.2) is 42.9 Å². The minimum absolute atomic E-state index is 0.0866. The standard InChI is InChI=1S/C13H17N3O4S/c1-20-10-4-2-9(3-5-10)16-13(19)8-21-7-12(18)15-6-11(14)17/h2-5H,6-8H2,1H3,(H2,14,17)(H,15,18)(H,16,19). The Morgan fingerprint density at radius 2 is 1.76 bits per heavy atom. The quantitative estimate of drug-likeness (QED) is 0.624. The van der Waals surface area contributed by atoms with Crippen LogP contribution >= 0.6 is 11.8 Å². The maximum absolute atomic E-state index is 11.6. The molecule has 4 N–H and O–H groups in total. The van der Waals surface area contributed by atoms with Gasteiger partial charge in [0.1, 0.15) is 5.75 Å². The fourth-order valence-corrected chi connectivity index (χ4v) is 1.99. The summed E-state index contributed by atoms with van der Waals surface area (Å²) in [5.41, 5.74) is 5.54. The molecule has 0 saturated heterocycles. The van der Waals surface area contributed by atoms with E-state index in [1.165, 1.54) is 0 Å². The molecule has 0 atom stereocenters. The summed E-state index contributed by atoms with van der Waals surface area (Å²) in [6.45, 7) is -0.197. The highest BCUT2D eigenvalue weighted by molar-refractivity contribution is 8.00. The average molecular weight is 311 g/mol. The van der Waals surface area contributed by atoms with Crippen molar-refractivity contribution < 1.29 is 19.1 Å². The molecule has 0 spiro atoms. The molecule has 0 aliphatic heterocycles. The van der Waals surface area contributed by atoms with E-state index in [-0.39, 0.29) is 29.9 Å². The zero-order valence-corrected chi connectivity index (χ0v) is 12.4. The molecule has 0 fully saturated rings. The van der Waals surface area contributed by atoms with E-state index in [2.05, 4.69) is 10.6 Å². The molecule has 0 heterocycles. The third-order valence-electron chi connectivity index (χ3n) is 2.30. The second-order valence-corrected chi connectivity index (χ2v) is 5.00. The van der Waals surface area contributed by atoms with Crippen LogP contribution in [0.1, 0.15) is 0 Å². The van der Waals surface area contributed by atoms with Crippen molar-refractivity contribution in [1.29, 1.82) is 0 Å². The zero-order valence-electron chi connectivity index (χ0n) is 11.5. The van der Waals surface area contributed by atoms with Gasteiger partial charge in [-0.15, -0.1) is 11.8 Å². The number of amides is 3. The predicted molar refractivity (Wildman–Crippen MR) is 81.2 cm³/mol. The number of carbonyl (C=O) groups excluding carboxylic acids is 3. The van der Waals surface area contributed by atoms with Gasteiger partial charge in [0.15, 0.2) is 0 Å². The maximum Gasteiger partial charge on any atom is 0.236 e. The first-order chi connectivity index (χ1) is 10.0. The van der Waals surface area contributed by atoms with Gasteiger partial charge in [0.2, 0.25) is 17.7 Å². The monoisotopic (exact) mass is 311 g/mol. The van der Waals surface area contributed by atoms with Crippen molar-refractivity contribution in [2.45, 2.75) is 0 Å². The molecule has 8 heteroatoms. The number of anilines is 1. The summed E-state index contributed by atoms with van der Waals surface area (Å²) in [7, 11) is 1.56. The van der Waals surface area contributed by atoms with Gasteiger partial charge in [-0.2, -0.15) is 0 Å². The highest BCUT2D eigenvalue weighted by atomic mass is 32.2. The van der Waals surface area contributed by atoms with Gasteiger partial charge in [0.25, 0.3) is 0 Å². The summed E-state index contributed by atoms with van der Waals surface area (Å²) in [5, 5.41) is 5.03. The molecule has 0 unspecified atom stereocenters. The van der Waals surface area contributed by atoms with E-state index in [4.69, 9.17) is 10.5 Å². The number of methoxy groups -OCH3 is 1. The Kier molecular flexibility index (Phi) is 7.10. The normalized spacial score (nSPS) is 9.76. The lowest BCUT2D eigenvalue weighted by molar-refractivity contribution is -0.123. The Morgan fingerprint density at radius 1 is 1.14 bits per heavy atom. The van der Waals surface area contributed by atoms with Crippen LogP contribution in [0.4, 0.5) is 5.69 Å². The summed E-state index contributed by atoms with van der Waals surface area (Å²) >= 11 is 1.15. The maximum atomic E-state index is 11.6. The molecule has 1 aromatic rings. The van der Waals surface area contributed by atoms with E-state index in [9.17, 15) is 14.4 Å². The smallest absolute Gasteiger partial charge is 0.236 e. The highest BCUT2D eigenvalue weighted by Gasteiger charge is 2.06. The molecule has 0 aliphatic carbocycles. The van der Waals surface area contributed by atoms with Crippen LogP contribution in [0, 0.1) is 0 Å². The third kappa shape index (κ3) is 7.21. The summed E-state index contributed by atoms with van der Waals surface area (Å²) in [4.78, 5) is 33.4. The highest BCUT2D eigenvalue weighted by Crippen LogP contribution is 2.15. The summed E-state index contributed by atoms with van der Waals surface area (Å²) < 4.78 is 5.01. The van der Waals surface area contributed by atoms with Crippen molar-refractivity contribution in [3.05, 3.63) is 24.3 Å². The number of nitrogens with two attached hydrogens (primary N) is 1. The van der Waals surface area contributed by atoms with Gasteiger partial charge < -0.3 is 21.1 Å². The summed E-state index contributed by atoms with van der Waals surface area (Å²) in [5.74, 6) is -0.234. The van der Waals surface area contributed by atoms with Crippen LogP contribution in [0.25, 0.3) is 0 Å². The van der Waals surface area contributed by atoms with E-state index in [0.29, 0.717) is 11.4 Å². The molecule has 7 nitrogen and oxygen atoms in total. The second kappa shape index (κ2) is 8.85. The zero-order chi connectivity index (χ0) is 15.7. The van der Waals surface area contributed by atoms with Crippen LogP contribution in [0.15, 0.2) is 24.3 Å². The summed E-state index contributed by atoms with van der Waals surface area (Å²) in [6, 6.07) is 6.92. The first-order valence-electron chi connectivity index (χ1n) is 6.08. The van der Waals surface area contributed by atoms with E-state index in [1.54, 1.807) is 31.4 Å². The number of benzene rings is 1. The molecule has 0 radical (unpaired) electrons. The van der Waals surface area contributed by atoms with E-state index < -0.39 is 5.91 Å². The van der Waals surface area contributed by atoms with Crippen molar-refractivity contribution in [2.24, 2.45) is 5.73 Å². The third-order valence-corrected chi connectivity index (χ3v) is 3.23. The number of thioether (sulfide) groups is 1.